The minimum atomic E-state index is -0.779. The Balaban J connectivity index is 1.92. The van der Waals surface area contributed by atoms with E-state index in [0.717, 1.165) is 11.1 Å². The summed E-state index contributed by atoms with van der Waals surface area (Å²) in [7, 11) is 3.06. The molecule has 0 saturated heterocycles. The Hall–Kier alpha value is -3.48. The summed E-state index contributed by atoms with van der Waals surface area (Å²) in [5.74, 6) is 0.733. The third-order valence-corrected chi connectivity index (χ3v) is 4.38. The SMILES string of the molecule is COc1cccc(/C=C/C(=O)NNC(=O)[C@H](C)Oc2cccc(C)c2C)c1OC. The van der Waals surface area contributed by atoms with Crippen LogP contribution in [0.2, 0.25) is 0 Å². The number of hydrazine groups is 1. The number of carbonyl (C=O) groups excluding carboxylic acids is 2. The van der Waals surface area contributed by atoms with Gasteiger partial charge in [0.05, 0.1) is 14.2 Å². The van der Waals surface area contributed by atoms with E-state index in [-0.39, 0.29) is 0 Å². The van der Waals surface area contributed by atoms with Crippen LogP contribution in [0.3, 0.4) is 0 Å². The van der Waals surface area contributed by atoms with Gasteiger partial charge in [-0.1, -0.05) is 24.3 Å². The predicted molar refractivity (Wildman–Crippen MR) is 111 cm³/mol. The number of hydrogen-bond acceptors (Lipinski definition) is 5. The molecule has 0 aromatic heterocycles. The highest BCUT2D eigenvalue weighted by atomic mass is 16.5. The molecule has 154 valence electrons. The molecular formula is C22H26N2O5. The van der Waals surface area contributed by atoms with Crippen molar-refractivity contribution in [3.8, 4) is 17.2 Å². The van der Waals surface area contributed by atoms with Crippen LogP contribution in [0.15, 0.2) is 42.5 Å². The van der Waals surface area contributed by atoms with Gasteiger partial charge in [0.15, 0.2) is 17.6 Å². The molecule has 2 rings (SSSR count). The fraction of sp³-hybridized carbons (Fsp3) is 0.273. The van der Waals surface area contributed by atoms with E-state index < -0.39 is 17.9 Å². The quantitative estimate of drug-likeness (QED) is 0.553. The summed E-state index contributed by atoms with van der Waals surface area (Å²) in [6.45, 7) is 5.51. The van der Waals surface area contributed by atoms with Crippen molar-refractivity contribution in [1.82, 2.24) is 10.9 Å². The molecule has 7 heteroatoms. The van der Waals surface area contributed by atoms with E-state index in [1.165, 1.54) is 20.3 Å². The van der Waals surface area contributed by atoms with Crippen LogP contribution < -0.4 is 25.1 Å². The van der Waals surface area contributed by atoms with Gasteiger partial charge in [-0.15, -0.1) is 0 Å². The Morgan fingerprint density at radius 2 is 1.66 bits per heavy atom. The molecule has 0 spiro atoms. The number of amides is 2. The monoisotopic (exact) mass is 398 g/mol. The van der Waals surface area contributed by atoms with Crippen molar-refractivity contribution in [2.75, 3.05) is 14.2 Å². The van der Waals surface area contributed by atoms with Gasteiger partial charge in [-0.25, -0.2) is 0 Å². The molecule has 0 saturated carbocycles. The van der Waals surface area contributed by atoms with Crippen LogP contribution in [-0.4, -0.2) is 32.1 Å². The number of ether oxygens (including phenoxy) is 3. The van der Waals surface area contributed by atoms with Gasteiger partial charge in [0.1, 0.15) is 5.75 Å². The van der Waals surface area contributed by atoms with Gasteiger partial charge in [0.2, 0.25) is 0 Å². The number of aryl methyl sites for hydroxylation is 1. The lowest BCUT2D eigenvalue weighted by atomic mass is 10.1. The second-order valence-electron chi connectivity index (χ2n) is 6.35. The van der Waals surface area contributed by atoms with Crippen LogP contribution in [0.5, 0.6) is 17.2 Å². The first-order chi connectivity index (χ1) is 13.9. The van der Waals surface area contributed by atoms with Crippen LogP contribution in [0.4, 0.5) is 0 Å². The smallest absolute Gasteiger partial charge is 0.279 e. The largest absolute Gasteiger partial charge is 0.493 e. The zero-order valence-electron chi connectivity index (χ0n) is 17.2. The lowest BCUT2D eigenvalue weighted by molar-refractivity contribution is -0.131. The summed E-state index contributed by atoms with van der Waals surface area (Å²) in [4.78, 5) is 24.2. The molecule has 2 N–H and O–H groups in total. The maximum absolute atomic E-state index is 12.2. The molecule has 0 radical (unpaired) electrons. The molecule has 7 nitrogen and oxygen atoms in total. The van der Waals surface area contributed by atoms with Crippen molar-refractivity contribution in [2.24, 2.45) is 0 Å². The first-order valence-electron chi connectivity index (χ1n) is 9.09. The number of rotatable bonds is 7. The summed E-state index contributed by atoms with van der Waals surface area (Å²) in [5.41, 5.74) is 7.39. The summed E-state index contributed by atoms with van der Waals surface area (Å²) in [6.07, 6.45) is 2.07. The second kappa shape index (κ2) is 10.2. The maximum atomic E-state index is 12.2. The molecule has 29 heavy (non-hydrogen) atoms. The van der Waals surface area contributed by atoms with E-state index in [4.69, 9.17) is 14.2 Å². The van der Waals surface area contributed by atoms with Gasteiger partial charge in [-0.05, 0) is 50.1 Å². The van der Waals surface area contributed by atoms with Gasteiger partial charge in [0.25, 0.3) is 11.8 Å². The number of para-hydroxylation sites is 1. The van der Waals surface area contributed by atoms with Crippen LogP contribution in [0.1, 0.15) is 23.6 Å². The number of benzene rings is 2. The van der Waals surface area contributed by atoms with Crippen molar-refractivity contribution in [2.45, 2.75) is 26.9 Å². The summed E-state index contributed by atoms with van der Waals surface area (Å²) in [5, 5.41) is 0. The third-order valence-electron chi connectivity index (χ3n) is 4.38. The van der Waals surface area contributed by atoms with Gasteiger partial charge in [0, 0.05) is 11.6 Å². The van der Waals surface area contributed by atoms with E-state index in [0.29, 0.717) is 22.8 Å². The number of methoxy groups -OCH3 is 2. The topological polar surface area (TPSA) is 85.9 Å². The first-order valence-corrected chi connectivity index (χ1v) is 9.09. The van der Waals surface area contributed by atoms with Crippen molar-refractivity contribution < 1.29 is 23.8 Å². The standard InChI is InChI=1S/C22H26N2O5/c1-14-8-6-10-18(15(14)2)29-16(3)22(26)24-23-20(25)13-12-17-9-7-11-19(27-4)21(17)28-5/h6-13,16H,1-5H3,(H,23,25)(H,24,26)/b13-12+/t16-/m0/s1. The maximum Gasteiger partial charge on any atom is 0.279 e. The molecular weight excluding hydrogens is 372 g/mol. The molecule has 0 aliphatic heterocycles. The molecule has 0 fully saturated rings. The fourth-order valence-electron chi connectivity index (χ4n) is 2.57. The molecule has 0 heterocycles. The highest BCUT2D eigenvalue weighted by Gasteiger charge is 2.16. The van der Waals surface area contributed by atoms with Gasteiger partial charge < -0.3 is 14.2 Å². The molecule has 2 aromatic rings. The van der Waals surface area contributed by atoms with Crippen molar-refractivity contribution >= 4 is 17.9 Å². The minimum Gasteiger partial charge on any atom is -0.493 e. The highest BCUT2D eigenvalue weighted by Crippen LogP contribution is 2.31. The Labute approximate surface area is 170 Å². The number of hydrogen-bond donors (Lipinski definition) is 2. The Morgan fingerprint density at radius 3 is 2.34 bits per heavy atom. The molecule has 0 unspecified atom stereocenters. The van der Waals surface area contributed by atoms with Crippen LogP contribution >= 0.6 is 0 Å². The summed E-state index contributed by atoms with van der Waals surface area (Å²) in [6, 6.07) is 11.0. The number of carbonyl (C=O) groups is 2. The fourth-order valence-corrected chi connectivity index (χ4v) is 2.57. The normalized spacial score (nSPS) is 11.6. The van der Waals surface area contributed by atoms with Crippen molar-refractivity contribution in [3.63, 3.8) is 0 Å². The van der Waals surface area contributed by atoms with E-state index >= 15 is 0 Å². The van der Waals surface area contributed by atoms with Gasteiger partial charge >= 0.3 is 0 Å². The minimum absolute atomic E-state index is 0.466. The predicted octanol–water partition coefficient (Wildman–Crippen LogP) is 2.95. The second-order valence-corrected chi connectivity index (χ2v) is 6.35. The Kier molecular flexibility index (Phi) is 7.65. The average Bonchev–Trinajstić information content (AvgIpc) is 2.73. The zero-order valence-corrected chi connectivity index (χ0v) is 17.2. The lowest BCUT2D eigenvalue weighted by Gasteiger charge is -2.17. The first kappa shape index (κ1) is 21.8. The average molecular weight is 398 g/mol. The molecule has 1 atom stereocenters. The van der Waals surface area contributed by atoms with Crippen molar-refractivity contribution in [3.05, 3.63) is 59.2 Å². The van der Waals surface area contributed by atoms with E-state index in [1.54, 1.807) is 37.3 Å². The van der Waals surface area contributed by atoms with Crippen LogP contribution in [-0.2, 0) is 9.59 Å². The van der Waals surface area contributed by atoms with E-state index in [2.05, 4.69) is 10.9 Å². The zero-order chi connectivity index (χ0) is 21.4. The van der Waals surface area contributed by atoms with Crippen LogP contribution in [0.25, 0.3) is 6.08 Å². The van der Waals surface area contributed by atoms with Crippen LogP contribution in [0, 0.1) is 13.8 Å². The van der Waals surface area contributed by atoms with Gasteiger partial charge in [-0.2, -0.15) is 0 Å². The lowest BCUT2D eigenvalue weighted by Crippen LogP contribution is -2.46. The number of nitrogens with one attached hydrogen (secondary N) is 2. The summed E-state index contributed by atoms with van der Waals surface area (Å²) >= 11 is 0. The van der Waals surface area contributed by atoms with Crippen molar-refractivity contribution in [1.29, 1.82) is 0 Å². The van der Waals surface area contributed by atoms with E-state index in [9.17, 15) is 9.59 Å². The molecule has 2 amide bonds. The summed E-state index contributed by atoms with van der Waals surface area (Å²) < 4.78 is 16.2. The van der Waals surface area contributed by atoms with E-state index in [1.807, 2.05) is 26.0 Å². The Bertz CT molecular complexity index is 908. The Morgan fingerprint density at radius 1 is 0.966 bits per heavy atom. The molecule has 0 aliphatic rings. The molecule has 0 bridgehead atoms. The third kappa shape index (κ3) is 5.75. The highest BCUT2D eigenvalue weighted by molar-refractivity contribution is 5.94. The van der Waals surface area contributed by atoms with Gasteiger partial charge in [-0.3, -0.25) is 20.4 Å². The molecule has 0 aliphatic carbocycles. The molecule has 2 aromatic carbocycles.